The zero-order chi connectivity index (χ0) is 21.5. The number of hydrogen-bond acceptors (Lipinski definition) is 4. The van der Waals surface area contributed by atoms with E-state index in [1.807, 2.05) is 0 Å². The monoisotopic (exact) mass is 419 g/mol. The minimum absolute atomic E-state index is 0.00464. The average molecular weight is 419 g/mol. The number of phenols is 1. The number of carbonyl (C=O) groups is 1. The van der Waals surface area contributed by atoms with Gasteiger partial charge in [-0.3, -0.25) is 9.69 Å². The van der Waals surface area contributed by atoms with E-state index >= 15 is 0 Å². The number of fused-ring (bicyclic) bond motifs is 1. The molecule has 0 amide bonds. The van der Waals surface area contributed by atoms with Crippen LogP contribution < -0.4 is 0 Å². The summed E-state index contributed by atoms with van der Waals surface area (Å²) < 4.78 is 38.2. The lowest BCUT2D eigenvalue weighted by Crippen LogP contribution is -2.34. The molecule has 0 spiro atoms. The molecule has 7 heteroatoms. The molecule has 1 aliphatic carbocycles. The van der Waals surface area contributed by atoms with E-state index in [1.54, 1.807) is 12.1 Å². The van der Waals surface area contributed by atoms with Crippen molar-refractivity contribution in [2.75, 3.05) is 19.6 Å². The number of carbonyl (C=O) groups excluding carboxylic acids is 1. The first-order valence-electron chi connectivity index (χ1n) is 10.0. The second kappa shape index (κ2) is 7.71. The van der Waals surface area contributed by atoms with E-state index in [4.69, 9.17) is 0 Å². The first-order chi connectivity index (χ1) is 14.1. The number of ketones is 1. The molecule has 1 aliphatic heterocycles. The molecule has 0 bridgehead atoms. The molecule has 2 aliphatic rings. The summed E-state index contributed by atoms with van der Waals surface area (Å²) in [6.07, 6.45) is -2.85. The first kappa shape index (κ1) is 20.9. The summed E-state index contributed by atoms with van der Waals surface area (Å²) >= 11 is 0. The normalized spacial score (nSPS) is 23.5. The highest BCUT2D eigenvalue weighted by Crippen LogP contribution is 2.45. The largest absolute Gasteiger partial charge is 0.508 e. The van der Waals surface area contributed by atoms with Crippen molar-refractivity contribution in [2.24, 2.45) is 11.8 Å². The molecule has 0 unspecified atom stereocenters. The maximum atomic E-state index is 12.7. The van der Waals surface area contributed by atoms with Crippen LogP contribution in [0.1, 0.15) is 34.3 Å². The minimum Gasteiger partial charge on any atom is -0.508 e. The van der Waals surface area contributed by atoms with Crippen molar-refractivity contribution in [1.29, 1.82) is 0 Å². The molecule has 0 aromatic heterocycles. The van der Waals surface area contributed by atoms with Crippen LogP contribution in [0.15, 0.2) is 48.5 Å². The van der Waals surface area contributed by atoms with Crippen LogP contribution in [0.5, 0.6) is 5.75 Å². The number of aromatic hydroxyl groups is 1. The number of likely N-dealkylation sites (tertiary alicyclic amines) is 1. The summed E-state index contributed by atoms with van der Waals surface area (Å²) in [5.74, 6) is 0.665. The smallest absolute Gasteiger partial charge is 0.416 e. The maximum absolute atomic E-state index is 12.7. The number of halogens is 3. The van der Waals surface area contributed by atoms with Crippen molar-refractivity contribution in [3.8, 4) is 5.75 Å². The SMILES string of the molecule is O=C(CN1C[C@@H]2CC(O)(Cc3ccc(C(F)(F)F)cc3)C[C@H]2C1)c1ccc(O)cc1. The minimum atomic E-state index is -4.36. The lowest BCUT2D eigenvalue weighted by molar-refractivity contribution is -0.137. The molecule has 2 aromatic rings. The molecule has 2 aromatic carbocycles. The third kappa shape index (κ3) is 4.52. The second-order valence-corrected chi connectivity index (χ2v) is 8.69. The number of nitrogens with zero attached hydrogens (tertiary/aromatic N) is 1. The molecule has 2 fully saturated rings. The van der Waals surface area contributed by atoms with Gasteiger partial charge in [-0.25, -0.2) is 0 Å². The summed E-state index contributed by atoms with van der Waals surface area (Å²) in [5.41, 5.74) is -0.341. The fraction of sp³-hybridized carbons (Fsp3) is 0.435. The van der Waals surface area contributed by atoms with E-state index in [0.717, 1.165) is 25.2 Å². The Morgan fingerprint density at radius 2 is 1.57 bits per heavy atom. The Kier molecular flexibility index (Phi) is 5.36. The Balaban J connectivity index is 1.32. The van der Waals surface area contributed by atoms with Gasteiger partial charge < -0.3 is 10.2 Å². The summed E-state index contributed by atoms with van der Waals surface area (Å²) in [5, 5.41) is 20.4. The van der Waals surface area contributed by atoms with Gasteiger partial charge in [0.2, 0.25) is 0 Å². The van der Waals surface area contributed by atoms with Gasteiger partial charge in [0, 0.05) is 25.1 Å². The van der Waals surface area contributed by atoms with Gasteiger partial charge in [-0.1, -0.05) is 12.1 Å². The van der Waals surface area contributed by atoms with Crippen LogP contribution in [0, 0.1) is 11.8 Å². The Morgan fingerprint density at radius 3 is 2.10 bits per heavy atom. The van der Waals surface area contributed by atoms with E-state index in [2.05, 4.69) is 4.90 Å². The third-order valence-corrected chi connectivity index (χ3v) is 6.31. The first-order valence-corrected chi connectivity index (χ1v) is 10.0. The Morgan fingerprint density at radius 1 is 1.00 bits per heavy atom. The summed E-state index contributed by atoms with van der Waals surface area (Å²) in [6.45, 7) is 1.75. The van der Waals surface area contributed by atoms with E-state index in [1.165, 1.54) is 24.3 Å². The number of alkyl halides is 3. The molecule has 4 nitrogen and oxygen atoms in total. The maximum Gasteiger partial charge on any atom is 0.416 e. The van der Waals surface area contributed by atoms with Crippen LogP contribution in [0.3, 0.4) is 0 Å². The molecular formula is C23H24F3NO3. The van der Waals surface area contributed by atoms with Crippen molar-refractivity contribution in [1.82, 2.24) is 4.90 Å². The highest BCUT2D eigenvalue weighted by molar-refractivity contribution is 5.97. The predicted octanol–water partition coefficient (Wildman–Crippen LogP) is 3.91. The molecule has 30 heavy (non-hydrogen) atoms. The fourth-order valence-corrected chi connectivity index (χ4v) is 4.96. The quantitative estimate of drug-likeness (QED) is 0.722. The number of hydrogen-bond donors (Lipinski definition) is 2. The van der Waals surface area contributed by atoms with E-state index < -0.39 is 17.3 Å². The van der Waals surface area contributed by atoms with Crippen molar-refractivity contribution in [2.45, 2.75) is 31.0 Å². The van der Waals surface area contributed by atoms with Crippen LogP contribution in [-0.2, 0) is 12.6 Å². The number of aliphatic hydroxyl groups is 1. The molecule has 4 rings (SSSR count). The van der Waals surface area contributed by atoms with Gasteiger partial charge in [0.05, 0.1) is 17.7 Å². The Hall–Kier alpha value is -2.38. The molecule has 1 saturated carbocycles. The average Bonchev–Trinajstić information content (AvgIpc) is 3.15. The van der Waals surface area contributed by atoms with Crippen LogP contribution >= 0.6 is 0 Å². The Labute approximate surface area is 172 Å². The predicted molar refractivity (Wildman–Crippen MR) is 105 cm³/mol. The fourth-order valence-electron chi connectivity index (χ4n) is 4.96. The molecule has 2 N–H and O–H groups in total. The van der Waals surface area contributed by atoms with Gasteiger partial charge in [0.15, 0.2) is 5.78 Å². The Bertz CT molecular complexity index is 895. The highest BCUT2D eigenvalue weighted by atomic mass is 19.4. The molecule has 2 atom stereocenters. The number of rotatable bonds is 5. The van der Waals surface area contributed by atoms with Gasteiger partial charge in [-0.2, -0.15) is 13.2 Å². The number of phenolic OH excluding ortho intramolecular Hbond substituents is 1. The third-order valence-electron chi connectivity index (χ3n) is 6.31. The summed E-state index contributed by atoms with van der Waals surface area (Å²) in [6, 6.07) is 11.2. The molecule has 1 heterocycles. The van der Waals surface area contributed by atoms with Crippen molar-refractivity contribution in [3.05, 3.63) is 65.2 Å². The number of benzene rings is 2. The van der Waals surface area contributed by atoms with Gasteiger partial charge in [-0.15, -0.1) is 0 Å². The van der Waals surface area contributed by atoms with Crippen LogP contribution in [0.2, 0.25) is 0 Å². The zero-order valence-corrected chi connectivity index (χ0v) is 16.4. The van der Waals surface area contributed by atoms with Crippen LogP contribution in [0.4, 0.5) is 13.2 Å². The second-order valence-electron chi connectivity index (χ2n) is 8.69. The van der Waals surface area contributed by atoms with Gasteiger partial charge in [0.25, 0.3) is 0 Å². The summed E-state index contributed by atoms with van der Waals surface area (Å²) in [7, 11) is 0. The molecular weight excluding hydrogens is 395 g/mol. The van der Waals surface area contributed by atoms with Crippen LogP contribution in [0.25, 0.3) is 0 Å². The molecule has 0 radical (unpaired) electrons. The lowest BCUT2D eigenvalue weighted by Gasteiger charge is -2.26. The van der Waals surface area contributed by atoms with Crippen molar-refractivity contribution < 1.29 is 28.2 Å². The van der Waals surface area contributed by atoms with Crippen molar-refractivity contribution >= 4 is 5.78 Å². The lowest BCUT2D eigenvalue weighted by atomic mass is 9.91. The van der Waals surface area contributed by atoms with E-state index in [9.17, 15) is 28.2 Å². The standard InChI is InChI=1S/C23H24F3NO3/c24-23(25,26)19-5-1-15(2-6-19)9-22(30)10-17-12-27(13-18(17)11-22)14-21(29)16-3-7-20(28)8-4-16/h1-8,17-18,28,30H,9-14H2/t17-,18-/m0/s1. The van der Waals surface area contributed by atoms with Crippen LogP contribution in [-0.4, -0.2) is 46.1 Å². The zero-order valence-electron chi connectivity index (χ0n) is 16.4. The summed E-state index contributed by atoms with van der Waals surface area (Å²) in [4.78, 5) is 14.5. The highest BCUT2D eigenvalue weighted by Gasteiger charge is 2.48. The van der Waals surface area contributed by atoms with Gasteiger partial charge in [-0.05, 0) is 66.6 Å². The topological polar surface area (TPSA) is 60.8 Å². The number of Topliss-reactive ketones (excluding diaryl/α,β-unsaturated/α-hetero) is 1. The van der Waals surface area contributed by atoms with Gasteiger partial charge in [0.1, 0.15) is 5.75 Å². The van der Waals surface area contributed by atoms with E-state index in [0.29, 0.717) is 36.9 Å². The van der Waals surface area contributed by atoms with Gasteiger partial charge >= 0.3 is 6.18 Å². The molecule has 160 valence electrons. The van der Waals surface area contributed by atoms with Crippen molar-refractivity contribution in [3.63, 3.8) is 0 Å². The molecule has 1 saturated heterocycles. The van der Waals surface area contributed by atoms with E-state index in [-0.39, 0.29) is 23.4 Å².